The molecule has 0 atom stereocenters. The van der Waals surface area contributed by atoms with Crippen LogP contribution in [0.5, 0.6) is 0 Å². The molecule has 1 heterocycles. The quantitative estimate of drug-likeness (QED) is 0.827. The Hall–Kier alpha value is -2.28. The van der Waals surface area contributed by atoms with Crippen LogP contribution in [0.2, 0.25) is 0 Å². The SMILES string of the molecule is Cc1nc(SCC(=O)NC(=O)NCc2ccccc2)oc1C. The average molecular weight is 319 g/mol. The van der Waals surface area contributed by atoms with Crippen LogP contribution in [0.1, 0.15) is 17.0 Å². The van der Waals surface area contributed by atoms with Crippen molar-refractivity contribution in [3.63, 3.8) is 0 Å². The first kappa shape index (κ1) is 16.1. The molecule has 0 aliphatic heterocycles. The van der Waals surface area contributed by atoms with E-state index >= 15 is 0 Å². The van der Waals surface area contributed by atoms with Crippen molar-refractivity contribution in [3.05, 3.63) is 47.3 Å². The van der Waals surface area contributed by atoms with Gasteiger partial charge in [-0.2, -0.15) is 0 Å². The number of aryl methyl sites for hydroxylation is 2. The Labute approximate surface area is 132 Å². The predicted molar refractivity (Wildman–Crippen MR) is 83.5 cm³/mol. The normalized spacial score (nSPS) is 10.3. The number of nitrogens with zero attached hydrogens (tertiary/aromatic N) is 1. The second-order valence-corrected chi connectivity index (χ2v) is 5.55. The number of thioether (sulfide) groups is 1. The molecule has 0 saturated carbocycles. The number of benzene rings is 1. The van der Waals surface area contributed by atoms with Crippen molar-refractivity contribution in [3.8, 4) is 0 Å². The molecule has 1 aromatic heterocycles. The average Bonchev–Trinajstić information content (AvgIpc) is 2.83. The Morgan fingerprint density at radius 3 is 2.59 bits per heavy atom. The maximum absolute atomic E-state index is 11.7. The fourth-order valence-electron chi connectivity index (χ4n) is 1.62. The summed E-state index contributed by atoms with van der Waals surface area (Å²) in [5, 5.41) is 5.31. The fourth-order valence-corrected chi connectivity index (χ4v) is 2.33. The lowest BCUT2D eigenvalue weighted by Crippen LogP contribution is -2.39. The maximum Gasteiger partial charge on any atom is 0.321 e. The lowest BCUT2D eigenvalue weighted by Gasteiger charge is -2.06. The molecular formula is C15H17N3O3S. The predicted octanol–water partition coefficient (Wildman–Crippen LogP) is 2.41. The van der Waals surface area contributed by atoms with Gasteiger partial charge in [-0.25, -0.2) is 9.78 Å². The topological polar surface area (TPSA) is 84.2 Å². The Kier molecular flexibility index (Phi) is 5.60. The molecule has 0 radical (unpaired) electrons. The highest BCUT2D eigenvalue weighted by atomic mass is 32.2. The Balaban J connectivity index is 1.71. The standard InChI is InChI=1S/C15H17N3O3S/c1-10-11(2)21-15(17-10)22-9-13(19)18-14(20)16-8-12-6-4-3-5-7-12/h3-7H,8-9H2,1-2H3,(H2,16,18,19,20). The van der Waals surface area contributed by atoms with Gasteiger partial charge in [0.15, 0.2) is 0 Å². The molecule has 0 saturated heterocycles. The number of nitrogens with one attached hydrogen (secondary N) is 2. The van der Waals surface area contributed by atoms with Crippen molar-refractivity contribution in [1.82, 2.24) is 15.6 Å². The summed E-state index contributed by atoms with van der Waals surface area (Å²) in [5.41, 5.74) is 1.76. The molecule has 0 fully saturated rings. The summed E-state index contributed by atoms with van der Waals surface area (Å²) in [4.78, 5) is 27.4. The molecular weight excluding hydrogens is 302 g/mol. The van der Waals surface area contributed by atoms with E-state index in [2.05, 4.69) is 15.6 Å². The molecule has 0 aliphatic rings. The molecule has 0 aliphatic carbocycles. The number of carbonyl (C=O) groups excluding carboxylic acids is 2. The first-order chi connectivity index (χ1) is 10.5. The van der Waals surface area contributed by atoms with Crippen molar-refractivity contribution in [2.24, 2.45) is 0 Å². The van der Waals surface area contributed by atoms with Gasteiger partial charge in [-0.15, -0.1) is 0 Å². The van der Waals surface area contributed by atoms with E-state index in [4.69, 9.17) is 4.42 Å². The van der Waals surface area contributed by atoms with Crippen LogP contribution in [-0.2, 0) is 11.3 Å². The van der Waals surface area contributed by atoms with Crippen LogP contribution in [0.4, 0.5) is 4.79 Å². The summed E-state index contributed by atoms with van der Waals surface area (Å²) < 4.78 is 5.35. The van der Waals surface area contributed by atoms with Crippen LogP contribution >= 0.6 is 11.8 Å². The zero-order valence-electron chi connectivity index (χ0n) is 12.4. The molecule has 3 amide bonds. The van der Waals surface area contributed by atoms with Gasteiger partial charge in [0.2, 0.25) is 5.91 Å². The highest BCUT2D eigenvalue weighted by molar-refractivity contribution is 7.99. The van der Waals surface area contributed by atoms with Crippen LogP contribution in [0, 0.1) is 13.8 Å². The molecule has 0 bridgehead atoms. The van der Waals surface area contributed by atoms with Gasteiger partial charge in [-0.1, -0.05) is 42.1 Å². The van der Waals surface area contributed by atoms with Crippen molar-refractivity contribution in [2.75, 3.05) is 5.75 Å². The van der Waals surface area contributed by atoms with Crippen LogP contribution < -0.4 is 10.6 Å². The third-order valence-corrected chi connectivity index (χ3v) is 3.71. The minimum absolute atomic E-state index is 0.0676. The second-order valence-electron chi connectivity index (χ2n) is 4.63. The van der Waals surface area contributed by atoms with Gasteiger partial charge in [0.1, 0.15) is 5.76 Å². The first-order valence-electron chi connectivity index (χ1n) is 6.73. The lowest BCUT2D eigenvalue weighted by atomic mass is 10.2. The number of imide groups is 1. The number of hydrogen-bond donors (Lipinski definition) is 2. The third kappa shape index (κ3) is 4.92. The molecule has 1 aromatic carbocycles. The van der Waals surface area contributed by atoms with Gasteiger partial charge in [-0.3, -0.25) is 10.1 Å². The van der Waals surface area contributed by atoms with Crippen molar-refractivity contribution in [2.45, 2.75) is 25.6 Å². The molecule has 116 valence electrons. The van der Waals surface area contributed by atoms with Crippen molar-refractivity contribution >= 4 is 23.7 Å². The first-order valence-corrected chi connectivity index (χ1v) is 7.71. The molecule has 2 N–H and O–H groups in total. The van der Waals surface area contributed by atoms with E-state index in [-0.39, 0.29) is 5.75 Å². The summed E-state index contributed by atoms with van der Waals surface area (Å²) in [5.74, 6) is 0.394. The molecule has 0 spiro atoms. The highest BCUT2D eigenvalue weighted by Crippen LogP contribution is 2.19. The zero-order valence-corrected chi connectivity index (χ0v) is 13.2. The van der Waals surface area contributed by atoms with Gasteiger partial charge < -0.3 is 9.73 Å². The summed E-state index contributed by atoms with van der Waals surface area (Å²) in [6.45, 7) is 4.01. The highest BCUT2D eigenvalue weighted by Gasteiger charge is 2.11. The van der Waals surface area contributed by atoms with E-state index in [9.17, 15) is 9.59 Å². The van der Waals surface area contributed by atoms with Gasteiger partial charge >= 0.3 is 6.03 Å². The summed E-state index contributed by atoms with van der Waals surface area (Å²) in [6.07, 6.45) is 0. The monoisotopic (exact) mass is 319 g/mol. The lowest BCUT2D eigenvalue weighted by molar-refractivity contribution is -0.117. The zero-order chi connectivity index (χ0) is 15.9. The molecule has 6 nitrogen and oxygen atoms in total. The van der Waals surface area contributed by atoms with E-state index < -0.39 is 11.9 Å². The van der Waals surface area contributed by atoms with E-state index in [0.717, 1.165) is 28.8 Å². The van der Waals surface area contributed by atoms with Gasteiger partial charge in [0.05, 0.1) is 11.4 Å². The smallest absolute Gasteiger partial charge is 0.321 e. The van der Waals surface area contributed by atoms with Gasteiger partial charge in [-0.05, 0) is 19.4 Å². The van der Waals surface area contributed by atoms with Crippen LogP contribution in [0.25, 0.3) is 0 Å². The Bertz CT molecular complexity index is 636. The van der Waals surface area contributed by atoms with Crippen molar-refractivity contribution < 1.29 is 14.0 Å². The summed E-state index contributed by atoms with van der Waals surface area (Å²) >= 11 is 1.15. The molecule has 0 unspecified atom stereocenters. The maximum atomic E-state index is 11.7. The number of urea groups is 1. The van der Waals surface area contributed by atoms with Crippen LogP contribution in [0.3, 0.4) is 0 Å². The number of carbonyl (C=O) groups is 2. The second kappa shape index (κ2) is 7.65. The number of hydrogen-bond acceptors (Lipinski definition) is 5. The largest absolute Gasteiger partial charge is 0.437 e. The summed E-state index contributed by atoms with van der Waals surface area (Å²) in [6, 6.07) is 8.94. The Morgan fingerprint density at radius 1 is 1.23 bits per heavy atom. The number of amides is 3. The third-order valence-electron chi connectivity index (χ3n) is 2.88. The summed E-state index contributed by atoms with van der Waals surface area (Å²) in [7, 11) is 0. The number of oxazole rings is 1. The minimum Gasteiger partial charge on any atom is -0.437 e. The van der Waals surface area contributed by atoms with E-state index in [0.29, 0.717) is 11.8 Å². The van der Waals surface area contributed by atoms with Gasteiger partial charge in [0, 0.05) is 6.54 Å². The van der Waals surface area contributed by atoms with E-state index in [1.54, 1.807) is 0 Å². The van der Waals surface area contributed by atoms with E-state index in [1.807, 2.05) is 44.2 Å². The van der Waals surface area contributed by atoms with Crippen molar-refractivity contribution in [1.29, 1.82) is 0 Å². The number of rotatable bonds is 5. The molecule has 7 heteroatoms. The number of aromatic nitrogens is 1. The van der Waals surface area contributed by atoms with Gasteiger partial charge in [0.25, 0.3) is 5.22 Å². The van der Waals surface area contributed by atoms with E-state index in [1.165, 1.54) is 0 Å². The minimum atomic E-state index is -0.519. The molecule has 2 aromatic rings. The Morgan fingerprint density at radius 2 is 1.95 bits per heavy atom. The molecule has 2 rings (SSSR count). The van der Waals surface area contributed by atoms with Crippen LogP contribution in [0.15, 0.2) is 40.0 Å². The van der Waals surface area contributed by atoms with Crippen LogP contribution in [-0.4, -0.2) is 22.7 Å². The molecule has 22 heavy (non-hydrogen) atoms. The fraction of sp³-hybridized carbons (Fsp3) is 0.267.